The highest BCUT2D eigenvalue weighted by Gasteiger charge is 2.24. The van der Waals surface area contributed by atoms with Crippen molar-refractivity contribution in [2.45, 2.75) is 17.6 Å². The molecule has 0 bridgehead atoms. The molecule has 1 aliphatic heterocycles. The summed E-state index contributed by atoms with van der Waals surface area (Å²) in [6.45, 7) is 6.03. The number of aryl methyl sites for hydroxylation is 1. The van der Waals surface area contributed by atoms with Crippen LogP contribution >= 0.6 is 11.3 Å². The summed E-state index contributed by atoms with van der Waals surface area (Å²) in [7, 11) is -1.64. The van der Waals surface area contributed by atoms with Crippen molar-refractivity contribution in [2.75, 3.05) is 39.9 Å². The van der Waals surface area contributed by atoms with E-state index in [9.17, 15) is 8.42 Å². The van der Waals surface area contributed by atoms with Crippen molar-refractivity contribution < 1.29 is 13.2 Å². The van der Waals surface area contributed by atoms with Gasteiger partial charge in [-0.3, -0.25) is 0 Å². The highest BCUT2D eigenvalue weighted by molar-refractivity contribution is 7.91. The van der Waals surface area contributed by atoms with E-state index in [1.807, 2.05) is 12.3 Å². The molecule has 1 aliphatic rings. The predicted molar refractivity (Wildman–Crippen MR) is 80.7 cm³/mol. The second-order valence-electron chi connectivity index (χ2n) is 5.24. The number of ether oxygens (including phenoxy) is 1. The summed E-state index contributed by atoms with van der Waals surface area (Å²) in [6, 6.07) is 1.71. The molecule has 1 atom stereocenters. The average Bonchev–Trinajstić information content (AvgIpc) is 3.03. The number of sulfonamides is 1. The molecule has 0 aliphatic carbocycles. The lowest BCUT2D eigenvalue weighted by Gasteiger charge is -2.15. The molecule has 2 rings (SSSR count). The minimum atomic E-state index is -3.34. The Morgan fingerprint density at radius 3 is 3.00 bits per heavy atom. The molecule has 1 aromatic rings. The van der Waals surface area contributed by atoms with Gasteiger partial charge in [0.15, 0.2) is 0 Å². The Kier molecular flexibility index (Phi) is 5.57. The van der Waals surface area contributed by atoms with Gasteiger partial charge in [-0.15, -0.1) is 11.3 Å². The first kappa shape index (κ1) is 15.9. The van der Waals surface area contributed by atoms with E-state index in [1.54, 1.807) is 13.2 Å². The van der Waals surface area contributed by atoms with E-state index in [-0.39, 0.29) is 0 Å². The standard InChI is InChI=1S/C13H22N2O3S2/c1-11-7-13(19-10-11)20(16,17)14-8-12-3-4-15(9-12)5-6-18-2/h7,10,12,14H,3-6,8-9H2,1-2H3/t12-/m1/s1. The van der Waals surface area contributed by atoms with Crippen LogP contribution in [0.25, 0.3) is 0 Å². The molecular formula is C13H22N2O3S2. The fourth-order valence-corrected chi connectivity index (χ4v) is 4.74. The van der Waals surface area contributed by atoms with E-state index in [0.29, 0.717) is 16.7 Å². The van der Waals surface area contributed by atoms with E-state index in [1.165, 1.54) is 11.3 Å². The van der Waals surface area contributed by atoms with Gasteiger partial charge < -0.3 is 9.64 Å². The molecule has 5 nitrogen and oxygen atoms in total. The highest BCUT2D eigenvalue weighted by atomic mass is 32.2. The van der Waals surface area contributed by atoms with E-state index < -0.39 is 10.0 Å². The molecule has 0 unspecified atom stereocenters. The smallest absolute Gasteiger partial charge is 0.250 e. The van der Waals surface area contributed by atoms with Crippen LogP contribution < -0.4 is 4.72 Å². The van der Waals surface area contributed by atoms with E-state index in [2.05, 4.69) is 9.62 Å². The molecular weight excluding hydrogens is 296 g/mol. The van der Waals surface area contributed by atoms with Gasteiger partial charge in [0.2, 0.25) is 10.0 Å². The summed E-state index contributed by atoms with van der Waals surface area (Å²) in [5.74, 6) is 0.391. The minimum Gasteiger partial charge on any atom is -0.383 e. The summed E-state index contributed by atoms with van der Waals surface area (Å²) in [5.41, 5.74) is 0.988. The zero-order chi connectivity index (χ0) is 14.6. The maximum Gasteiger partial charge on any atom is 0.250 e. The van der Waals surface area contributed by atoms with Gasteiger partial charge in [0.05, 0.1) is 6.61 Å². The summed E-state index contributed by atoms with van der Waals surface area (Å²) in [6.07, 6.45) is 1.04. The zero-order valence-electron chi connectivity index (χ0n) is 12.0. The molecule has 114 valence electrons. The Balaban J connectivity index is 1.81. The molecule has 20 heavy (non-hydrogen) atoms. The lowest BCUT2D eigenvalue weighted by Crippen LogP contribution is -2.31. The number of likely N-dealkylation sites (tertiary alicyclic amines) is 1. The summed E-state index contributed by atoms with van der Waals surface area (Å²) < 4.78 is 32.4. The van der Waals surface area contributed by atoms with Crippen LogP contribution in [-0.4, -0.2) is 53.2 Å². The molecule has 2 heterocycles. The fraction of sp³-hybridized carbons (Fsp3) is 0.692. The van der Waals surface area contributed by atoms with Crippen molar-refractivity contribution in [3.05, 3.63) is 17.0 Å². The van der Waals surface area contributed by atoms with Gasteiger partial charge in [-0.05, 0) is 42.8 Å². The Morgan fingerprint density at radius 2 is 2.35 bits per heavy atom. The van der Waals surface area contributed by atoms with Crippen molar-refractivity contribution >= 4 is 21.4 Å². The van der Waals surface area contributed by atoms with Crippen LogP contribution in [0.3, 0.4) is 0 Å². The van der Waals surface area contributed by atoms with Crippen LogP contribution in [0, 0.1) is 12.8 Å². The van der Waals surface area contributed by atoms with E-state index in [0.717, 1.165) is 38.2 Å². The predicted octanol–water partition coefficient (Wildman–Crippen LogP) is 1.30. The first-order chi connectivity index (χ1) is 9.51. The third-order valence-corrected chi connectivity index (χ3v) is 6.50. The van der Waals surface area contributed by atoms with Crippen molar-refractivity contribution in [3.63, 3.8) is 0 Å². The van der Waals surface area contributed by atoms with Gasteiger partial charge in [-0.25, -0.2) is 13.1 Å². The normalized spacial score (nSPS) is 20.6. The Bertz CT molecular complexity index is 527. The molecule has 0 spiro atoms. The fourth-order valence-electron chi connectivity index (χ4n) is 2.35. The number of methoxy groups -OCH3 is 1. The van der Waals surface area contributed by atoms with Crippen LogP contribution in [-0.2, 0) is 14.8 Å². The summed E-state index contributed by atoms with van der Waals surface area (Å²) >= 11 is 1.27. The zero-order valence-corrected chi connectivity index (χ0v) is 13.6. The molecule has 7 heteroatoms. The van der Waals surface area contributed by atoms with Gasteiger partial charge in [-0.1, -0.05) is 0 Å². The highest BCUT2D eigenvalue weighted by Crippen LogP contribution is 2.20. The van der Waals surface area contributed by atoms with Crippen LogP contribution in [0.2, 0.25) is 0 Å². The number of hydrogen-bond acceptors (Lipinski definition) is 5. The molecule has 1 fully saturated rings. The van der Waals surface area contributed by atoms with Gasteiger partial charge in [0, 0.05) is 26.7 Å². The number of nitrogens with zero attached hydrogens (tertiary/aromatic N) is 1. The molecule has 0 saturated carbocycles. The molecule has 1 aromatic heterocycles. The molecule has 0 aromatic carbocycles. The summed E-state index contributed by atoms with van der Waals surface area (Å²) in [4.78, 5) is 2.32. The average molecular weight is 318 g/mol. The van der Waals surface area contributed by atoms with Gasteiger partial charge >= 0.3 is 0 Å². The molecule has 1 N–H and O–H groups in total. The largest absolute Gasteiger partial charge is 0.383 e. The number of nitrogens with one attached hydrogen (secondary N) is 1. The third-order valence-electron chi connectivity index (χ3n) is 3.51. The van der Waals surface area contributed by atoms with Crippen molar-refractivity contribution in [1.29, 1.82) is 0 Å². The lowest BCUT2D eigenvalue weighted by atomic mass is 10.1. The summed E-state index contributed by atoms with van der Waals surface area (Å²) in [5, 5.41) is 1.86. The molecule has 1 saturated heterocycles. The van der Waals surface area contributed by atoms with E-state index in [4.69, 9.17) is 4.74 Å². The number of hydrogen-bond donors (Lipinski definition) is 1. The van der Waals surface area contributed by atoms with Gasteiger partial charge in [0.1, 0.15) is 4.21 Å². The van der Waals surface area contributed by atoms with Crippen LogP contribution in [0.4, 0.5) is 0 Å². The number of thiophene rings is 1. The topological polar surface area (TPSA) is 58.6 Å². The monoisotopic (exact) mass is 318 g/mol. The third kappa shape index (κ3) is 4.26. The Hall–Kier alpha value is -0.470. The van der Waals surface area contributed by atoms with Crippen LogP contribution in [0.1, 0.15) is 12.0 Å². The second-order valence-corrected chi connectivity index (χ2v) is 8.15. The second kappa shape index (κ2) is 7.00. The van der Waals surface area contributed by atoms with Crippen LogP contribution in [0.5, 0.6) is 0 Å². The lowest BCUT2D eigenvalue weighted by molar-refractivity contribution is 0.159. The van der Waals surface area contributed by atoms with Crippen molar-refractivity contribution in [1.82, 2.24) is 9.62 Å². The molecule has 0 radical (unpaired) electrons. The SMILES string of the molecule is COCCN1CC[C@H](CNS(=O)(=O)c2cc(C)cs2)C1. The Labute approximate surface area is 125 Å². The Morgan fingerprint density at radius 1 is 1.55 bits per heavy atom. The maximum atomic E-state index is 12.1. The minimum absolute atomic E-state index is 0.391. The maximum absolute atomic E-state index is 12.1. The first-order valence-corrected chi connectivity index (χ1v) is 9.13. The first-order valence-electron chi connectivity index (χ1n) is 6.77. The number of rotatable bonds is 7. The van der Waals surface area contributed by atoms with E-state index >= 15 is 0 Å². The quantitative estimate of drug-likeness (QED) is 0.823. The van der Waals surface area contributed by atoms with Crippen molar-refractivity contribution in [3.8, 4) is 0 Å². The van der Waals surface area contributed by atoms with Crippen molar-refractivity contribution in [2.24, 2.45) is 5.92 Å². The molecule has 0 amide bonds. The van der Waals surface area contributed by atoms with Gasteiger partial charge in [-0.2, -0.15) is 0 Å². The van der Waals surface area contributed by atoms with Gasteiger partial charge in [0.25, 0.3) is 0 Å². The van der Waals surface area contributed by atoms with Crippen LogP contribution in [0.15, 0.2) is 15.7 Å².